The third-order valence-electron chi connectivity index (χ3n) is 3.81. The minimum absolute atomic E-state index is 0.0124. The van der Waals surface area contributed by atoms with Crippen molar-refractivity contribution >= 4 is 22.4 Å². The number of nitrogens with zero attached hydrogens (tertiary/aromatic N) is 4. The summed E-state index contributed by atoms with van der Waals surface area (Å²) in [5.74, 6) is -0.0124. The average molecular weight is 297 g/mol. The van der Waals surface area contributed by atoms with Gasteiger partial charge in [-0.15, -0.1) is 10.2 Å². The highest BCUT2D eigenvalue weighted by Gasteiger charge is 2.27. The van der Waals surface area contributed by atoms with Crippen molar-refractivity contribution < 1.29 is 4.79 Å². The van der Waals surface area contributed by atoms with Crippen LogP contribution in [0.5, 0.6) is 0 Å². The molecule has 1 amide bonds. The lowest BCUT2D eigenvalue weighted by molar-refractivity contribution is 0.0645. The zero-order valence-electron chi connectivity index (χ0n) is 12.4. The Kier molecular flexibility index (Phi) is 5.31. The van der Waals surface area contributed by atoms with Crippen LogP contribution in [0.25, 0.3) is 0 Å². The minimum Gasteiger partial charge on any atom is -0.360 e. The van der Waals surface area contributed by atoms with E-state index in [0.29, 0.717) is 16.2 Å². The standard InChI is InChI=1S/C13H23N5OS/c1-4-14-13-16-15-11(20-13)12(19)17(3)10-6-8-18(5-2)9-7-10/h10H,4-9H2,1-3H3,(H,14,16). The number of hydrogen-bond donors (Lipinski definition) is 1. The fraction of sp³-hybridized carbons (Fsp3) is 0.769. The molecule has 0 unspecified atom stereocenters. The summed E-state index contributed by atoms with van der Waals surface area (Å²) in [6.45, 7) is 8.19. The van der Waals surface area contributed by atoms with Crippen LogP contribution in [0.2, 0.25) is 0 Å². The van der Waals surface area contributed by atoms with E-state index in [4.69, 9.17) is 0 Å². The van der Waals surface area contributed by atoms with E-state index in [1.54, 1.807) is 0 Å². The van der Waals surface area contributed by atoms with Gasteiger partial charge in [-0.05, 0) is 26.3 Å². The summed E-state index contributed by atoms with van der Waals surface area (Å²) >= 11 is 1.33. The van der Waals surface area contributed by atoms with Crippen molar-refractivity contribution in [1.29, 1.82) is 0 Å². The molecule has 0 spiro atoms. The lowest BCUT2D eigenvalue weighted by Crippen LogP contribution is -2.45. The second-order valence-electron chi connectivity index (χ2n) is 5.02. The van der Waals surface area contributed by atoms with Crippen molar-refractivity contribution in [1.82, 2.24) is 20.0 Å². The fourth-order valence-corrected chi connectivity index (χ4v) is 3.27. The molecule has 1 aliphatic heterocycles. The Morgan fingerprint density at radius 3 is 2.70 bits per heavy atom. The number of likely N-dealkylation sites (tertiary alicyclic amines) is 1. The monoisotopic (exact) mass is 297 g/mol. The van der Waals surface area contributed by atoms with Gasteiger partial charge in [0.1, 0.15) is 0 Å². The van der Waals surface area contributed by atoms with Gasteiger partial charge in [-0.3, -0.25) is 4.79 Å². The number of piperidine rings is 1. The van der Waals surface area contributed by atoms with Crippen LogP contribution in [0.3, 0.4) is 0 Å². The highest BCUT2D eigenvalue weighted by atomic mass is 32.1. The molecule has 1 aliphatic rings. The van der Waals surface area contributed by atoms with Gasteiger partial charge in [0, 0.05) is 32.7 Å². The van der Waals surface area contributed by atoms with E-state index < -0.39 is 0 Å². The molecule has 1 aromatic rings. The van der Waals surface area contributed by atoms with Crippen LogP contribution < -0.4 is 5.32 Å². The van der Waals surface area contributed by atoms with Gasteiger partial charge in [0.15, 0.2) is 0 Å². The number of amides is 1. The Labute approximate surface area is 124 Å². The van der Waals surface area contributed by atoms with Crippen LogP contribution in [-0.2, 0) is 0 Å². The molecule has 0 aromatic carbocycles. The number of anilines is 1. The van der Waals surface area contributed by atoms with E-state index in [2.05, 4.69) is 27.3 Å². The molecule has 0 atom stereocenters. The number of nitrogens with one attached hydrogen (secondary N) is 1. The number of aromatic nitrogens is 2. The van der Waals surface area contributed by atoms with Crippen molar-refractivity contribution in [2.24, 2.45) is 0 Å². The maximum absolute atomic E-state index is 12.4. The van der Waals surface area contributed by atoms with Crippen molar-refractivity contribution in [3.63, 3.8) is 0 Å². The Morgan fingerprint density at radius 2 is 2.10 bits per heavy atom. The lowest BCUT2D eigenvalue weighted by Gasteiger charge is -2.35. The van der Waals surface area contributed by atoms with E-state index >= 15 is 0 Å². The minimum atomic E-state index is -0.0124. The molecule has 1 saturated heterocycles. The molecule has 2 rings (SSSR count). The summed E-state index contributed by atoms with van der Waals surface area (Å²) in [4.78, 5) is 16.7. The Balaban J connectivity index is 1.94. The summed E-state index contributed by atoms with van der Waals surface area (Å²) in [6.07, 6.45) is 2.07. The first-order valence-corrected chi connectivity index (χ1v) is 8.04. The number of carbonyl (C=O) groups is 1. The quantitative estimate of drug-likeness (QED) is 0.893. The topological polar surface area (TPSA) is 61.4 Å². The van der Waals surface area contributed by atoms with Gasteiger partial charge in [-0.1, -0.05) is 18.3 Å². The van der Waals surface area contributed by atoms with Crippen LogP contribution in [0.1, 0.15) is 36.5 Å². The first-order chi connectivity index (χ1) is 9.65. The molecule has 6 nitrogen and oxygen atoms in total. The van der Waals surface area contributed by atoms with Gasteiger partial charge in [0.05, 0.1) is 0 Å². The smallest absolute Gasteiger partial charge is 0.284 e. The maximum atomic E-state index is 12.4. The number of carbonyl (C=O) groups excluding carboxylic acids is 1. The van der Waals surface area contributed by atoms with Crippen molar-refractivity contribution in [2.75, 3.05) is 38.5 Å². The van der Waals surface area contributed by atoms with Crippen molar-refractivity contribution in [3.05, 3.63) is 5.01 Å². The molecule has 1 aromatic heterocycles. The summed E-state index contributed by atoms with van der Waals surface area (Å²) in [6, 6.07) is 0.316. The molecule has 0 radical (unpaired) electrons. The second-order valence-corrected chi connectivity index (χ2v) is 6.00. The third kappa shape index (κ3) is 3.46. The van der Waals surface area contributed by atoms with E-state index in [9.17, 15) is 4.79 Å². The summed E-state index contributed by atoms with van der Waals surface area (Å²) in [5, 5.41) is 12.2. The summed E-state index contributed by atoms with van der Waals surface area (Å²) in [7, 11) is 1.88. The molecule has 1 fully saturated rings. The van der Waals surface area contributed by atoms with Gasteiger partial charge in [0.2, 0.25) is 10.1 Å². The number of hydrogen-bond acceptors (Lipinski definition) is 6. The largest absolute Gasteiger partial charge is 0.360 e. The molecule has 112 valence electrons. The first-order valence-electron chi connectivity index (χ1n) is 7.22. The van der Waals surface area contributed by atoms with Crippen LogP contribution in [0.15, 0.2) is 0 Å². The van der Waals surface area contributed by atoms with Crippen molar-refractivity contribution in [2.45, 2.75) is 32.7 Å². The molecule has 1 N–H and O–H groups in total. The van der Waals surface area contributed by atoms with Crippen LogP contribution >= 0.6 is 11.3 Å². The van der Waals surface area contributed by atoms with E-state index in [-0.39, 0.29) is 5.91 Å². The van der Waals surface area contributed by atoms with E-state index in [1.165, 1.54) is 11.3 Å². The zero-order valence-corrected chi connectivity index (χ0v) is 13.2. The molecule has 7 heteroatoms. The third-order valence-corrected chi connectivity index (χ3v) is 4.68. The Bertz CT molecular complexity index is 442. The first kappa shape index (κ1) is 15.2. The fourth-order valence-electron chi connectivity index (χ4n) is 2.47. The molecule has 2 heterocycles. The van der Waals surface area contributed by atoms with E-state index in [1.807, 2.05) is 18.9 Å². The normalized spacial score (nSPS) is 17.1. The van der Waals surface area contributed by atoms with Crippen LogP contribution in [0, 0.1) is 0 Å². The van der Waals surface area contributed by atoms with Gasteiger partial charge in [-0.2, -0.15) is 0 Å². The molecular formula is C13H23N5OS. The Morgan fingerprint density at radius 1 is 1.40 bits per heavy atom. The molecule has 0 saturated carbocycles. The van der Waals surface area contributed by atoms with E-state index in [0.717, 1.165) is 39.0 Å². The van der Waals surface area contributed by atoms with Crippen LogP contribution in [-0.4, -0.2) is 65.2 Å². The molecule has 0 aliphatic carbocycles. The van der Waals surface area contributed by atoms with Gasteiger partial charge < -0.3 is 15.1 Å². The van der Waals surface area contributed by atoms with Crippen LogP contribution in [0.4, 0.5) is 5.13 Å². The number of rotatable bonds is 5. The summed E-state index contributed by atoms with van der Waals surface area (Å²) < 4.78 is 0. The predicted octanol–water partition coefficient (Wildman–Crippen LogP) is 1.53. The van der Waals surface area contributed by atoms with Gasteiger partial charge in [0.25, 0.3) is 5.91 Å². The lowest BCUT2D eigenvalue weighted by atomic mass is 10.0. The Hall–Kier alpha value is -1.21. The SMILES string of the molecule is CCNc1nnc(C(=O)N(C)C2CCN(CC)CC2)s1. The second kappa shape index (κ2) is 6.99. The van der Waals surface area contributed by atoms with Gasteiger partial charge in [-0.25, -0.2) is 0 Å². The highest BCUT2D eigenvalue weighted by Crippen LogP contribution is 2.20. The molecular weight excluding hydrogens is 274 g/mol. The zero-order chi connectivity index (χ0) is 14.5. The maximum Gasteiger partial charge on any atom is 0.284 e. The van der Waals surface area contributed by atoms with Gasteiger partial charge >= 0.3 is 0 Å². The highest BCUT2D eigenvalue weighted by molar-refractivity contribution is 7.17. The average Bonchev–Trinajstić information content (AvgIpc) is 2.95. The molecule has 0 bridgehead atoms. The summed E-state index contributed by atoms with van der Waals surface area (Å²) in [5.41, 5.74) is 0. The predicted molar refractivity (Wildman–Crippen MR) is 81.3 cm³/mol. The molecule has 20 heavy (non-hydrogen) atoms. The van der Waals surface area contributed by atoms with Crippen molar-refractivity contribution in [3.8, 4) is 0 Å².